The lowest BCUT2D eigenvalue weighted by molar-refractivity contribution is -0.121. The molecule has 3 rings (SSSR count). The third-order valence-corrected chi connectivity index (χ3v) is 5.89. The van der Waals surface area contributed by atoms with E-state index in [0.29, 0.717) is 6.54 Å². The van der Waals surface area contributed by atoms with Crippen LogP contribution in [-0.4, -0.2) is 61.0 Å². The molecule has 6 nitrogen and oxygen atoms in total. The quantitative estimate of drug-likeness (QED) is 0.726. The van der Waals surface area contributed by atoms with Gasteiger partial charge in [-0.1, -0.05) is 19.1 Å². The number of piperazine rings is 1. The minimum absolute atomic E-state index is 0.222. The van der Waals surface area contributed by atoms with Crippen molar-refractivity contribution in [3.05, 3.63) is 47.1 Å². The highest BCUT2D eigenvalue weighted by Gasteiger charge is 2.20. The third-order valence-electron chi connectivity index (χ3n) is 4.77. The topological polar surface area (TPSA) is 64.7 Å². The van der Waals surface area contributed by atoms with Crippen molar-refractivity contribution < 1.29 is 14.0 Å². The van der Waals surface area contributed by atoms with Gasteiger partial charge >= 0.3 is 6.03 Å². The lowest BCUT2D eigenvalue weighted by atomic mass is 10.2. The zero-order valence-electron chi connectivity index (χ0n) is 16.6. The highest BCUT2D eigenvalue weighted by atomic mass is 32.1. The number of benzene rings is 1. The first-order valence-corrected chi connectivity index (χ1v) is 10.7. The first-order valence-electron chi connectivity index (χ1n) is 9.90. The van der Waals surface area contributed by atoms with Crippen molar-refractivity contribution in [2.45, 2.75) is 19.9 Å². The third kappa shape index (κ3) is 6.62. The molecule has 0 saturated carbocycles. The summed E-state index contributed by atoms with van der Waals surface area (Å²) < 4.78 is 13.4. The summed E-state index contributed by atoms with van der Waals surface area (Å²) in [6, 6.07) is 10.4. The van der Waals surface area contributed by atoms with Crippen LogP contribution in [0.15, 0.2) is 36.4 Å². The number of hydrogen-bond acceptors (Lipinski definition) is 5. The summed E-state index contributed by atoms with van der Waals surface area (Å²) in [4.78, 5) is 30.2. The Labute approximate surface area is 174 Å². The van der Waals surface area contributed by atoms with Crippen molar-refractivity contribution in [3.63, 3.8) is 0 Å². The first-order chi connectivity index (χ1) is 14.0. The van der Waals surface area contributed by atoms with E-state index in [4.69, 9.17) is 0 Å². The first kappa shape index (κ1) is 21.4. The van der Waals surface area contributed by atoms with Crippen molar-refractivity contribution >= 4 is 23.3 Å². The molecule has 0 radical (unpaired) electrons. The van der Waals surface area contributed by atoms with Gasteiger partial charge in [0.2, 0.25) is 5.91 Å². The molecule has 156 valence electrons. The Morgan fingerprint density at radius 2 is 1.86 bits per heavy atom. The largest absolute Gasteiger partial charge is 0.338 e. The van der Waals surface area contributed by atoms with Gasteiger partial charge in [-0.15, -0.1) is 11.3 Å². The van der Waals surface area contributed by atoms with Gasteiger partial charge in [0.1, 0.15) is 5.82 Å². The second-order valence-corrected chi connectivity index (χ2v) is 8.30. The van der Waals surface area contributed by atoms with E-state index in [1.54, 1.807) is 23.5 Å². The fourth-order valence-electron chi connectivity index (χ4n) is 3.24. The number of urea groups is 1. The molecule has 1 aromatic carbocycles. The number of carbonyl (C=O) groups excluding carboxylic acids is 2. The molecule has 0 bridgehead atoms. The summed E-state index contributed by atoms with van der Waals surface area (Å²) in [6.07, 6.45) is 0.831. The van der Waals surface area contributed by atoms with E-state index in [1.165, 1.54) is 10.9 Å². The molecule has 2 N–H and O–H groups in total. The van der Waals surface area contributed by atoms with E-state index in [1.807, 2.05) is 19.1 Å². The SMILES string of the molecule is CCCNC(=O)NC(=O)CN1CCN(Cc2ccc(-c3cccc(F)c3)s2)CC1. The second kappa shape index (κ2) is 10.5. The fraction of sp³-hybridized carbons (Fsp3) is 0.429. The maximum absolute atomic E-state index is 13.4. The van der Waals surface area contributed by atoms with E-state index in [2.05, 4.69) is 26.5 Å². The molecule has 0 unspecified atom stereocenters. The highest BCUT2D eigenvalue weighted by molar-refractivity contribution is 7.15. The van der Waals surface area contributed by atoms with Crippen molar-refractivity contribution in [1.82, 2.24) is 20.4 Å². The Hall–Kier alpha value is -2.29. The lowest BCUT2D eigenvalue weighted by Crippen LogP contribution is -2.50. The number of rotatable bonds is 7. The highest BCUT2D eigenvalue weighted by Crippen LogP contribution is 2.29. The molecule has 0 atom stereocenters. The number of carbonyl (C=O) groups is 2. The molecule has 1 fully saturated rings. The Morgan fingerprint density at radius 3 is 2.59 bits per heavy atom. The predicted molar refractivity (Wildman–Crippen MR) is 113 cm³/mol. The summed E-state index contributed by atoms with van der Waals surface area (Å²) in [6.45, 7) is 6.89. The molecule has 0 aliphatic carbocycles. The van der Waals surface area contributed by atoms with Crippen LogP contribution in [-0.2, 0) is 11.3 Å². The van der Waals surface area contributed by atoms with Crippen LogP contribution in [0.3, 0.4) is 0 Å². The molecule has 1 aliphatic rings. The fourth-order valence-corrected chi connectivity index (χ4v) is 4.28. The van der Waals surface area contributed by atoms with E-state index in [0.717, 1.165) is 49.6 Å². The van der Waals surface area contributed by atoms with Crippen LogP contribution in [0, 0.1) is 5.82 Å². The standard InChI is InChI=1S/C21H27FN4O2S/c1-2-8-23-21(28)24-20(27)15-26-11-9-25(10-12-26)14-18-6-7-19(29-18)16-4-3-5-17(22)13-16/h3-7,13H,2,8-12,14-15H2,1H3,(H2,23,24,27,28). The van der Waals surface area contributed by atoms with E-state index >= 15 is 0 Å². The number of imide groups is 1. The second-order valence-electron chi connectivity index (χ2n) is 7.13. The molecular weight excluding hydrogens is 391 g/mol. The van der Waals surface area contributed by atoms with E-state index < -0.39 is 6.03 Å². The zero-order chi connectivity index (χ0) is 20.6. The minimum Gasteiger partial charge on any atom is -0.338 e. The predicted octanol–water partition coefficient (Wildman–Crippen LogP) is 2.91. The van der Waals surface area contributed by atoms with Gasteiger partial charge < -0.3 is 5.32 Å². The maximum atomic E-state index is 13.4. The summed E-state index contributed by atoms with van der Waals surface area (Å²) in [5.74, 6) is -0.495. The summed E-state index contributed by atoms with van der Waals surface area (Å²) in [5.41, 5.74) is 0.903. The van der Waals surface area contributed by atoms with Gasteiger partial charge in [0.15, 0.2) is 0 Å². The van der Waals surface area contributed by atoms with Crippen molar-refractivity contribution in [3.8, 4) is 10.4 Å². The monoisotopic (exact) mass is 418 g/mol. The molecular formula is C21H27FN4O2S. The molecule has 2 aromatic rings. The van der Waals surface area contributed by atoms with Crippen LogP contribution in [0.25, 0.3) is 10.4 Å². The summed E-state index contributed by atoms with van der Waals surface area (Å²) in [7, 11) is 0. The lowest BCUT2D eigenvalue weighted by Gasteiger charge is -2.33. The number of halogens is 1. The molecule has 1 saturated heterocycles. The number of thiophene rings is 1. The van der Waals surface area contributed by atoms with Crippen molar-refractivity contribution in [1.29, 1.82) is 0 Å². The molecule has 3 amide bonds. The normalized spacial score (nSPS) is 15.2. The average Bonchev–Trinajstić information content (AvgIpc) is 3.16. The molecule has 8 heteroatoms. The smallest absolute Gasteiger partial charge is 0.321 e. The molecule has 0 spiro atoms. The molecule has 1 aromatic heterocycles. The van der Waals surface area contributed by atoms with Gasteiger partial charge in [-0.25, -0.2) is 9.18 Å². The van der Waals surface area contributed by atoms with Crippen molar-refractivity contribution in [2.24, 2.45) is 0 Å². The van der Waals surface area contributed by atoms with Crippen LogP contribution in [0.1, 0.15) is 18.2 Å². The van der Waals surface area contributed by atoms with Gasteiger partial charge in [0, 0.05) is 49.0 Å². The van der Waals surface area contributed by atoms with Crippen LogP contribution in [0.5, 0.6) is 0 Å². The number of nitrogens with zero attached hydrogens (tertiary/aromatic N) is 2. The Bertz CT molecular complexity index is 834. The van der Waals surface area contributed by atoms with Gasteiger partial charge in [-0.2, -0.15) is 0 Å². The molecule has 2 heterocycles. The van der Waals surface area contributed by atoms with Crippen LogP contribution in [0.4, 0.5) is 9.18 Å². The maximum Gasteiger partial charge on any atom is 0.321 e. The number of hydrogen-bond donors (Lipinski definition) is 2. The summed E-state index contributed by atoms with van der Waals surface area (Å²) >= 11 is 1.68. The van der Waals surface area contributed by atoms with Gasteiger partial charge in [-0.3, -0.25) is 19.9 Å². The Morgan fingerprint density at radius 1 is 1.10 bits per heavy atom. The van der Waals surface area contributed by atoms with Gasteiger partial charge in [-0.05, 0) is 36.2 Å². The van der Waals surface area contributed by atoms with Crippen LogP contribution in [0.2, 0.25) is 0 Å². The van der Waals surface area contributed by atoms with Gasteiger partial charge in [0.25, 0.3) is 0 Å². The Kier molecular flexibility index (Phi) is 7.74. The Balaban J connectivity index is 1.42. The summed E-state index contributed by atoms with van der Waals surface area (Å²) in [5, 5.41) is 5.00. The van der Waals surface area contributed by atoms with Crippen LogP contribution < -0.4 is 10.6 Å². The molecule has 29 heavy (non-hydrogen) atoms. The number of nitrogens with one attached hydrogen (secondary N) is 2. The average molecular weight is 419 g/mol. The minimum atomic E-state index is -0.428. The van der Waals surface area contributed by atoms with E-state index in [-0.39, 0.29) is 18.3 Å². The van der Waals surface area contributed by atoms with Crippen molar-refractivity contribution in [2.75, 3.05) is 39.3 Å². The molecule has 1 aliphatic heterocycles. The van der Waals surface area contributed by atoms with Gasteiger partial charge in [0.05, 0.1) is 6.54 Å². The van der Waals surface area contributed by atoms with E-state index in [9.17, 15) is 14.0 Å². The zero-order valence-corrected chi connectivity index (χ0v) is 17.4. The number of amides is 3. The van der Waals surface area contributed by atoms with Crippen LogP contribution >= 0.6 is 11.3 Å².